The van der Waals surface area contributed by atoms with Gasteiger partial charge in [0.25, 0.3) is 0 Å². The summed E-state index contributed by atoms with van der Waals surface area (Å²) in [6, 6.07) is 53.5. The average molecular weight is 636 g/mol. The first kappa shape index (κ1) is 28.8. The highest BCUT2D eigenvalue weighted by atomic mass is 15.0. The van der Waals surface area contributed by atoms with Crippen molar-refractivity contribution in [3.05, 3.63) is 180 Å². The van der Waals surface area contributed by atoms with Crippen molar-refractivity contribution in [3.8, 4) is 39.7 Å². The molecule has 9 aromatic rings. The van der Waals surface area contributed by atoms with Crippen LogP contribution >= 0.6 is 0 Å². The highest BCUT2D eigenvalue weighted by Crippen LogP contribution is 2.42. The summed E-state index contributed by atoms with van der Waals surface area (Å²) in [5, 5.41) is 14.0. The van der Waals surface area contributed by atoms with Crippen LogP contribution < -0.4 is 0 Å². The zero-order valence-corrected chi connectivity index (χ0v) is 26.7. The summed E-state index contributed by atoms with van der Waals surface area (Å²) in [4.78, 5) is 7.52. The van der Waals surface area contributed by atoms with E-state index in [-0.39, 0.29) is 0 Å². The molecule has 0 radical (unpaired) electrons. The van der Waals surface area contributed by atoms with Gasteiger partial charge in [0, 0.05) is 44.0 Å². The summed E-state index contributed by atoms with van der Waals surface area (Å²) in [6.45, 7) is 15.6. The summed E-state index contributed by atoms with van der Waals surface area (Å²) < 4.78 is 4.45. The van der Waals surface area contributed by atoms with E-state index in [0.29, 0.717) is 16.9 Å². The zero-order chi connectivity index (χ0) is 33.8. The van der Waals surface area contributed by atoms with Gasteiger partial charge in [0.2, 0.25) is 0 Å². The first-order chi connectivity index (χ1) is 24.7. The molecule has 0 bridgehead atoms. The predicted octanol–water partition coefficient (Wildman–Crippen LogP) is 12.2. The third-order valence-electron chi connectivity index (χ3n) is 9.59. The van der Waals surface area contributed by atoms with Gasteiger partial charge >= 0.3 is 0 Å². The van der Waals surface area contributed by atoms with E-state index < -0.39 is 0 Å². The normalized spacial score (nSPS) is 11.1. The first-order valence-electron chi connectivity index (χ1n) is 16.2. The lowest BCUT2D eigenvalue weighted by molar-refractivity contribution is 1.18. The number of hydrogen-bond donors (Lipinski definition) is 0. The van der Waals surface area contributed by atoms with Crippen molar-refractivity contribution in [1.82, 2.24) is 9.13 Å². The molecule has 0 amide bonds. The van der Waals surface area contributed by atoms with Gasteiger partial charge in [-0.05, 0) is 71.3 Å². The predicted molar refractivity (Wildman–Crippen MR) is 203 cm³/mol. The van der Waals surface area contributed by atoms with E-state index in [1.54, 1.807) is 0 Å². The number of para-hydroxylation sites is 2. The van der Waals surface area contributed by atoms with Gasteiger partial charge in [-0.25, -0.2) is 9.69 Å². The Balaban J connectivity index is 1.25. The molecule has 0 saturated carbocycles. The second kappa shape index (κ2) is 11.4. The number of hydrogen-bond acceptors (Lipinski definition) is 1. The fourth-order valence-electron chi connectivity index (χ4n) is 7.37. The molecule has 230 valence electrons. The highest BCUT2D eigenvalue weighted by molar-refractivity contribution is 6.11. The maximum Gasteiger partial charge on any atom is 0.189 e. The van der Waals surface area contributed by atoms with Crippen molar-refractivity contribution >= 4 is 55.0 Å². The molecule has 0 N–H and O–H groups in total. The molecule has 50 heavy (non-hydrogen) atoms. The molecule has 2 heterocycles. The molecular weight excluding hydrogens is 611 g/mol. The fourth-order valence-corrected chi connectivity index (χ4v) is 7.37. The molecule has 2 aromatic heterocycles. The number of rotatable bonds is 4. The average Bonchev–Trinajstić information content (AvgIpc) is 3.69. The Morgan fingerprint density at radius 1 is 0.460 bits per heavy atom. The molecule has 5 nitrogen and oxygen atoms in total. The second-order valence-corrected chi connectivity index (χ2v) is 12.3. The number of nitrogens with zero attached hydrogens (tertiary/aromatic N) is 5. The molecule has 9 rings (SSSR count). The van der Waals surface area contributed by atoms with E-state index in [1.807, 2.05) is 60.7 Å². The molecule has 0 saturated heterocycles. The Labute approximate surface area is 288 Å². The minimum absolute atomic E-state index is 0.515. The van der Waals surface area contributed by atoms with E-state index in [1.165, 1.54) is 21.8 Å². The van der Waals surface area contributed by atoms with E-state index >= 15 is 0 Å². The summed E-state index contributed by atoms with van der Waals surface area (Å²) in [6.07, 6.45) is 0. The van der Waals surface area contributed by atoms with Gasteiger partial charge in [0.15, 0.2) is 11.4 Å². The van der Waals surface area contributed by atoms with Crippen LogP contribution in [0.3, 0.4) is 0 Å². The molecule has 0 spiro atoms. The van der Waals surface area contributed by atoms with Gasteiger partial charge in [-0.3, -0.25) is 0 Å². The Hall–Kier alpha value is -7.39. The van der Waals surface area contributed by atoms with Crippen molar-refractivity contribution < 1.29 is 0 Å². The van der Waals surface area contributed by atoms with Crippen molar-refractivity contribution in [2.24, 2.45) is 0 Å². The van der Waals surface area contributed by atoms with Crippen LogP contribution in [-0.4, -0.2) is 9.13 Å². The van der Waals surface area contributed by atoms with Crippen LogP contribution in [0.5, 0.6) is 0 Å². The molecule has 0 aliphatic carbocycles. The summed E-state index contributed by atoms with van der Waals surface area (Å²) in [5.74, 6) is 0. The highest BCUT2D eigenvalue weighted by Gasteiger charge is 2.19. The number of aromatic nitrogens is 2. The molecule has 0 unspecified atom stereocenters. The topological polar surface area (TPSA) is 42.4 Å². The van der Waals surface area contributed by atoms with Crippen molar-refractivity contribution in [2.45, 2.75) is 0 Å². The molecule has 0 aliphatic rings. The molecule has 5 heteroatoms. The van der Waals surface area contributed by atoms with Gasteiger partial charge in [-0.15, -0.1) is 0 Å². The Kier molecular flexibility index (Phi) is 6.56. The summed E-state index contributed by atoms with van der Waals surface area (Å²) in [5.41, 5.74) is 11.7. The van der Waals surface area contributed by atoms with Crippen LogP contribution in [0.15, 0.2) is 152 Å². The molecule has 0 aliphatic heterocycles. The first-order valence-corrected chi connectivity index (χ1v) is 16.2. The van der Waals surface area contributed by atoms with E-state index in [9.17, 15) is 5.26 Å². The summed E-state index contributed by atoms with van der Waals surface area (Å²) in [7, 11) is 0. The van der Waals surface area contributed by atoms with Crippen LogP contribution in [-0.2, 0) is 0 Å². The molecule has 7 aromatic carbocycles. The lowest BCUT2D eigenvalue weighted by Crippen LogP contribution is -1.98. The van der Waals surface area contributed by atoms with Crippen LogP contribution in [0, 0.1) is 24.5 Å². The largest absolute Gasteiger partial charge is 0.311 e. The maximum absolute atomic E-state index is 9.71. The number of fused-ring (bicyclic) bond motifs is 6. The van der Waals surface area contributed by atoms with Crippen LogP contribution in [0.2, 0.25) is 0 Å². The maximum atomic E-state index is 9.71. The SMILES string of the molecule is [C-]#[N+]c1ccc(-c2ccccc2-c2ccc(-n3c4ccccc4c4ccccc43)cc2)c(-n2c3ccc(C#N)cc3c3ccc([N+]#[C-])cc32)c1. The number of nitriles is 1. The minimum Gasteiger partial charge on any atom is -0.311 e. The lowest BCUT2D eigenvalue weighted by atomic mass is 9.93. The Morgan fingerprint density at radius 2 is 1.06 bits per heavy atom. The monoisotopic (exact) mass is 635 g/mol. The summed E-state index contributed by atoms with van der Waals surface area (Å²) >= 11 is 0. The molecule has 0 atom stereocenters. The van der Waals surface area contributed by atoms with Gasteiger partial charge in [-0.1, -0.05) is 97.1 Å². The van der Waals surface area contributed by atoms with E-state index in [2.05, 4.69) is 116 Å². The van der Waals surface area contributed by atoms with Crippen LogP contribution in [0.1, 0.15) is 5.56 Å². The van der Waals surface area contributed by atoms with E-state index in [4.69, 9.17) is 13.1 Å². The Bertz CT molecular complexity index is 2900. The fraction of sp³-hybridized carbons (Fsp3) is 0. The van der Waals surface area contributed by atoms with Crippen LogP contribution in [0.4, 0.5) is 11.4 Å². The van der Waals surface area contributed by atoms with Gasteiger partial charge in [0.1, 0.15) is 0 Å². The van der Waals surface area contributed by atoms with Crippen molar-refractivity contribution in [1.29, 1.82) is 5.26 Å². The van der Waals surface area contributed by atoms with Crippen molar-refractivity contribution in [2.75, 3.05) is 0 Å². The lowest BCUT2D eigenvalue weighted by Gasteiger charge is -2.18. The molecule has 0 fully saturated rings. The van der Waals surface area contributed by atoms with Crippen LogP contribution in [0.25, 0.3) is 86.9 Å². The standard InChI is InChI=1S/C45H25N5/c1-47-31-18-22-38(44(26-31)50-43-24-15-29(28-46)25-40(43)39-23-19-32(48-2)27-45(39)50)35-10-4-3-9-34(35)30-16-20-33(21-17-30)49-41-13-7-5-11-36(41)37-12-6-8-14-42(37)49/h3-27H. The zero-order valence-electron chi connectivity index (χ0n) is 26.7. The third-order valence-corrected chi connectivity index (χ3v) is 9.59. The minimum atomic E-state index is 0.515. The second-order valence-electron chi connectivity index (χ2n) is 12.3. The Morgan fingerprint density at radius 3 is 1.76 bits per heavy atom. The van der Waals surface area contributed by atoms with E-state index in [0.717, 1.165) is 55.4 Å². The molecular formula is C45H25N5. The third kappa shape index (κ3) is 4.38. The smallest absolute Gasteiger partial charge is 0.189 e. The van der Waals surface area contributed by atoms with Gasteiger partial charge in [0.05, 0.1) is 41.3 Å². The number of benzene rings is 7. The van der Waals surface area contributed by atoms with Crippen molar-refractivity contribution in [3.63, 3.8) is 0 Å². The van der Waals surface area contributed by atoms with Gasteiger partial charge in [-0.2, -0.15) is 5.26 Å². The van der Waals surface area contributed by atoms with Gasteiger partial charge < -0.3 is 9.13 Å². The quantitative estimate of drug-likeness (QED) is 0.177.